The van der Waals surface area contributed by atoms with Crippen LogP contribution in [0.1, 0.15) is 29.5 Å². The largest absolute Gasteiger partial charge is 0.487 e. The van der Waals surface area contributed by atoms with Crippen molar-refractivity contribution in [2.45, 2.75) is 20.0 Å². The highest BCUT2D eigenvalue weighted by Crippen LogP contribution is 2.17. The van der Waals surface area contributed by atoms with Crippen molar-refractivity contribution in [1.82, 2.24) is 20.0 Å². The van der Waals surface area contributed by atoms with E-state index in [2.05, 4.69) is 22.1 Å². The average Bonchev–Trinajstić information content (AvgIpc) is 3.26. The molecule has 0 saturated carbocycles. The number of amides is 1. The molecule has 1 saturated heterocycles. The van der Waals surface area contributed by atoms with Crippen LogP contribution in [-0.2, 0) is 6.61 Å². The number of nitrogens with one attached hydrogen (secondary N) is 1. The molecule has 1 aliphatic rings. The first-order chi connectivity index (χ1) is 12.5. The molecule has 1 aromatic heterocycles. The number of rotatable bonds is 7. The van der Waals surface area contributed by atoms with Gasteiger partial charge >= 0.3 is 0 Å². The summed E-state index contributed by atoms with van der Waals surface area (Å²) in [4.78, 5) is 16.9. The summed E-state index contributed by atoms with van der Waals surface area (Å²) < 4.78 is 18.7. The zero-order valence-electron chi connectivity index (χ0n) is 15.2. The predicted molar refractivity (Wildman–Crippen MR) is 96.5 cm³/mol. The first-order valence-corrected chi connectivity index (χ1v) is 8.95. The molecule has 0 aliphatic carbocycles. The van der Waals surface area contributed by atoms with Gasteiger partial charge in [0.15, 0.2) is 5.69 Å². The topological polar surface area (TPSA) is 61.5 Å². The Morgan fingerprint density at radius 3 is 3.00 bits per heavy atom. The lowest BCUT2D eigenvalue weighted by Gasteiger charge is -2.23. The minimum absolute atomic E-state index is 0.0738. The van der Waals surface area contributed by atoms with Crippen molar-refractivity contribution in [3.05, 3.63) is 47.5 Å². The highest BCUT2D eigenvalue weighted by molar-refractivity contribution is 5.92. The summed E-state index contributed by atoms with van der Waals surface area (Å²) in [6, 6.07) is 7.65. The molecule has 2 heterocycles. The fourth-order valence-corrected chi connectivity index (χ4v) is 3.27. The number of benzene rings is 1. The van der Waals surface area contributed by atoms with Crippen molar-refractivity contribution in [3.8, 4) is 5.75 Å². The third-order valence-corrected chi connectivity index (χ3v) is 4.68. The van der Waals surface area contributed by atoms with Gasteiger partial charge in [-0.3, -0.25) is 9.89 Å². The van der Waals surface area contributed by atoms with E-state index >= 15 is 0 Å². The number of carbonyl (C=O) groups is 1. The van der Waals surface area contributed by atoms with E-state index in [1.54, 1.807) is 18.2 Å². The highest BCUT2D eigenvalue weighted by Gasteiger charge is 2.25. The Kier molecular flexibility index (Phi) is 5.88. The maximum absolute atomic E-state index is 13.2. The quantitative estimate of drug-likeness (QED) is 0.824. The summed E-state index contributed by atoms with van der Waals surface area (Å²) in [6.45, 7) is 5.70. The Balaban J connectivity index is 1.57. The number of aromatic nitrogens is 2. The Bertz CT molecular complexity index is 749. The Labute approximate surface area is 152 Å². The first kappa shape index (κ1) is 18.4. The zero-order chi connectivity index (χ0) is 18.5. The summed E-state index contributed by atoms with van der Waals surface area (Å²) in [5.74, 6) is 0.529. The standard InChI is InChI=1S/C19H25FN4O2/c1-3-24(12-14-7-8-23(2)11-14)19(25)18-10-16(21-22-18)13-26-17-6-4-5-15(20)9-17/h4-6,9-10,14H,3,7-8,11-13H2,1-2H3,(H,21,22)/t14-/m0/s1. The fourth-order valence-electron chi connectivity index (χ4n) is 3.27. The summed E-state index contributed by atoms with van der Waals surface area (Å²) >= 11 is 0. The number of carbonyl (C=O) groups excluding carboxylic acids is 1. The monoisotopic (exact) mass is 360 g/mol. The van der Waals surface area contributed by atoms with Crippen molar-refractivity contribution in [3.63, 3.8) is 0 Å². The maximum atomic E-state index is 13.2. The average molecular weight is 360 g/mol. The van der Waals surface area contributed by atoms with Gasteiger partial charge < -0.3 is 14.5 Å². The van der Waals surface area contributed by atoms with Gasteiger partial charge in [-0.25, -0.2) is 4.39 Å². The molecular weight excluding hydrogens is 335 g/mol. The molecular formula is C19H25FN4O2. The Morgan fingerprint density at radius 1 is 1.46 bits per heavy atom. The normalized spacial score (nSPS) is 17.4. The van der Waals surface area contributed by atoms with Crippen molar-refractivity contribution in [1.29, 1.82) is 0 Å². The van der Waals surface area contributed by atoms with Crippen LogP contribution in [0.15, 0.2) is 30.3 Å². The highest BCUT2D eigenvalue weighted by atomic mass is 19.1. The molecule has 1 amide bonds. The molecule has 1 fully saturated rings. The maximum Gasteiger partial charge on any atom is 0.274 e. The molecule has 2 aromatic rings. The van der Waals surface area contributed by atoms with E-state index in [-0.39, 0.29) is 18.3 Å². The summed E-state index contributed by atoms with van der Waals surface area (Å²) in [5.41, 5.74) is 1.06. The third-order valence-electron chi connectivity index (χ3n) is 4.68. The summed E-state index contributed by atoms with van der Waals surface area (Å²) in [6.07, 6.45) is 1.12. The number of aromatic amines is 1. The predicted octanol–water partition coefficient (Wildman–Crippen LogP) is 2.54. The van der Waals surface area contributed by atoms with Crippen LogP contribution < -0.4 is 4.74 Å². The van der Waals surface area contributed by atoms with Crippen LogP contribution >= 0.6 is 0 Å². The fraction of sp³-hybridized carbons (Fsp3) is 0.474. The molecule has 0 radical (unpaired) electrons. The summed E-state index contributed by atoms with van der Waals surface area (Å²) in [7, 11) is 2.11. The molecule has 0 bridgehead atoms. The molecule has 3 rings (SSSR count). The lowest BCUT2D eigenvalue weighted by atomic mass is 10.1. The summed E-state index contributed by atoms with van der Waals surface area (Å²) in [5, 5.41) is 6.95. The van der Waals surface area contributed by atoms with Crippen molar-refractivity contribution in [2.75, 3.05) is 33.2 Å². The second-order valence-corrected chi connectivity index (χ2v) is 6.79. The minimum Gasteiger partial charge on any atom is -0.487 e. The van der Waals surface area contributed by atoms with Gasteiger partial charge in [-0.1, -0.05) is 6.07 Å². The molecule has 1 aromatic carbocycles. The van der Waals surface area contributed by atoms with Gasteiger partial charge in [0.1, 0.15) is 18.2 Å². The van der Waals surface area contributed by atoms with E-state index in [1.165, 1.54) is 12.1 Å². The van der Waals surface area contributed by atoms with E-state index in [1.807, 2.05) is 11.8 Å². The van der Waals surface area contributed by atoms with E-state index in [0.717, 1.165) is 26.1 Å². The van der Waals surface area contributed by atoms with Gasteiger partial charge in [-0.15, -0.1) is 0 Å². The smallest absolute Gasteiger partial charge is 0.274 e. The van der Waals surface area contributed by atoms with Gasteiger partial charge in [0.25, 0.3) is 5.91 Å². The molecule has 140 valence electrons. The number of halogens is 1. The third kappa shape index (κ3) is 4.60. The number of ether oxygens (including phenoxy) is 1. The number of hydrogen-bond acceptors (Lipinski definition) is 4. The van der Waals surface area contributed by atoms with Crippen LogP contribution in [0.2, 0.25) is 0 Å². The molecule has 1 atom stereocenters. The zero-order valence-corrected chi connectivity index (χ0v) is 15.2. The Hall–Kier alpha value is -2.41. The van der Waals surface area contributed by atoms with Crippen LogP contribution in [0.5, 0.6) is 5.75 Å². The first-order valence-electron chi connectivity index (χ1n) is 8.95. The minimum atomic E-state index is -0.348. The molecule has 6 nitrogen and oxygen atoms in total. The molecule has 1 aliphatic heterocycles. The van der Waals surface area contributed by atoms with Gasteiger partial charge in [0, 0.05) is 25.7 Å². The van der Waals surface area contributed by atoms with Gasteiger partial charge in [-0.2, -0.15) is 5.10 Å². The number of nitrogens with zero attached hydrogens (tertiary/aromatic N) is 3. The van der Waals surface area contributed by atoms with E-state index in [9.17, 15) is 9.18 Å². The van der Waals surface area contributed by atoms with E-state index in [0.29, 0.717) is 29.6 Å². The molecule has 0 spiro atoms. The SMILES string of the molecule is CCN(C[C@H]1CCN(C)C1)C(=O)c1cc(COc2cccc(F)c2)[nH]n1. The second-order valence-electron chi connectivity index (χ2n) is 6.79. The lowest BCUT2D eigenvalue weighted by Crippen LogP contribution is -2.36. The molecule has 26 heavy (non-hydrogen) atoms. The van der Waals surface area contributed by atoms with Crippen LogP contribution in [-0.4, -0.2) is 59.1 Å². The number of hydrogen-bond donors (Lipinski definition) is 1. The number of H-pyrrole nitrogens is 1. The van der Waals surface area contributed by atoms with Crippen LogP contribution in [0.3, 0.4) is 0 Å². The van der Waals surface area contributed by atoms with E-state index < -0.39 is 0 Å². The van der Waals surface area contributed by atoms with Gasteiger partial charge in [-0.05, 0) is 51.1 Å². The van der Waals surface area contributed by atoms with Crippen molar-refractivity contribution < 1.29 is 13.9 Å². The van der Waals surface area contributed by atoms with Crippen molar-refractivity contribution in [2.24, 2.45) is 5.92 Å². The van der Waals surface area contributed by atoms with Crippen LogP contribution in [0.25, 0.3) is 0 Å². The lowest BCUT2D eigenvalue weighted by molar-refractivity contribution is 0.0734. The molecule has 1 N–H and O–H groups in total. The second kappa shape index (κ2) is 8.31. The van der Waals surface area contributed by atoms with Crippen LogP contribution in [0.4, 0.5) is 4.39 Å². The van der Waals surface area contributed by atoms with Gasteiger partial charge in [0.2, 0.25) is 0 Å². The van der Waals surface area contributed by atoms with Gasteiger partial charge in [0.05, 0.1) is 5.69 Å². The molecule has 0 unspecified atom stereocenters. The number of likely N-dealkylation sites (tertiary alicyclic amines) is 1. The van der Waals surface area contributed by atoms with E-state index in [4.69, 9.17) is 4.74 Å². The Morgan fingerprint density at radius 2 is 2.31 bits per heavy atom. The molecule has 7 heteroatoms. The van der Waals surface area contributed by atoms with Crippen molar-refractivity contribution >= 4 is 5.91 Å². The van der Waals surface area contributed by atoms with Crippen LogP contribution in [0, 0.1) is 11.7 Å².